The molecule has 8 nitrogen and oxygen atoms in total. The number of oxazole rings is 1. The van der Waals surface area contributed by atoms with E-state index in [0.29, 0.717) is 17.6 Å². The lowest BCUT2D eigenvalue weighted by atomic mass is 10.1. The summed E-state index contributed by atoms with van der Waals surface area (Å²) < 4.78 is 64.5. The zero-order chi connectivity index (χ0) is 24.7. The number of nitrogens with zero attached hydrogens (tertiary/aromatic N) is 6. The summed E-state index contributed by atoms with van der Waals surface area (Å²) in [6.07, 6.45) is 5.22. The summed E-state index contributed by atoms with van der Waals surface area (Å²) in [4.78, 5) is 8.08. The van der Waals surface area contributed by atoms with Gasteiger partial charge in [0, 0.05) is 24.3 Å². The molecule has 0 saturated carbocycles. The number of hydrogen-bond donors (Lipinski definition) is 0. The van der Waals surface area contributed by atoms with E-state index in [1.54, 1.807) is 17.1 Å². The van der Waals surface area contributed by atoms with Gasteiger partial charge in [-0.15, -0.1) is 5.10 Å². The molecule has 0 saturated heterocycles. The number of hydrogen-bond acceptors (Lipinski definition) is 7. The quantitative estimate of drug-likeness (QED) is 0.230. The summed E-state index contributed by atoms with van der Waals surface area (Å²) in [5.41, 5.74) is 0.224. The van der Waals surface area contributed by atoms with E-state index in [1.807, 2.05) is 6.07 Å². The van der Waals surface area contributed by atoms with Crippen LogP contribution in [0.25, 0.3) is 12.2 Å². The van der Waals surface area contributed by atoms with Crippen LogP contribution >= 0.6 is 0 Å². The molecule has 0 aliphatic rings. The number of aromatic nitrogens is 6. The van der Waals surface area contributed by atoms with Gasteiger partial charge in [0.2, 0.25) is 11.8 Å². The largest absolute Gasteiger partial charge is 0.470 e. The highest BCUT2D eigenvalue weighted by Gasteiger charge is 2.30. The summed E-state index contributed by atoms with van der Waals surface area (Å²) in [6.45, 7) is 0.862. The zero-order valence-electron chi connectivity index (χ0n) is 18.3. The summed E-state index contributed by atoms with van der Waals surface area (Å²) >= 11 is 0. The minimum Gasteiger partial charge on any atom is -0.470 e. The molecule has 0 atom stereocenters. The summed E-state index contributed by atoms with van der Waals surface area (Å²) in [7, 11) is 0. The first-order valence-electron chi connectivity index (χ1n) is 10.6. The van der Waals surface area contributed by atoms with Crippen molar-refractivity contribution < 1.29 is 26.7 Å². The van der Waals surface area contributed by atoms with Crippen LogP contribution < -0.4 is 4.74 Å². The zero-order valence-corrected chi connectivity index (χ0v) is 18.3. The highest BCUT2D eigenvalue weighted by atomic mass is 19.4. The van der Waals surface area contributed by atoms with Crippen molar-refractivity contribution in [1.82, 2.24) is 29.9 Å². The van der Waals surface area contributed by atoms with Gasteiger partial charge in [0.25, 0.3) is 0 Å². The standard InChI is InChI=1S/C23H20F4N6O2/c24-20-11-17(23(25,26)27)6-4-16(20)5-8-21-30-19(12-34-21)13-35-22-9-7-18(31-32-22)3-1-2-10-33-15-28-14-29-33/h4-9,11-12,14-15H,1-3,10,13H2. The van der Waals surface area contributed by atoms with Crippen LogP contribution in [0.15, 0.2) is 53.7 Å². The van der Waals surface area contributed by atoms with Gasteiger partial charge in [-0.05, 0) is 43.5 Å². The van der Waals surface area contributed by atoms with Gasteiger partial charge in [0.1, 0.15) is 37.0 Å². The molecule has 35 heavy (non-hydrogen) atoms. The van der Waals surface area contributed by atoms with Crippen LogP contribution in [0.4, 0.5) is 17.6 Å². The molecule has 0 unspecified atom stereocenters. The van der Waals surface area contributed by atoms with Crippen LogP contribution in [0.5, 0.6) is 5.88 Å². The van der Waals surface area contributed by atoms with Crippen molar-refractivity contribution in [2.75, 3.05) is 0 Å². The molecule has 0 amide bonds. The minimum atomic E-state index is -4.61. The number of ether oxygens (including phenoxy) is 1. The average molecular weight is 488 g/mol. The van der Waals surface area contributed by atoms with Gasteiger partial charge in [0.15, 0.2) is 0 Å². The first kappa shape index (κ1) is 24.0. The summed E-state index contributed by atoms with van der Waals surface area (Å²) in [5, 5.41) is 12.3. The predicted molar refractivity (Wildman–Crippen MR) is 116 cm³/mol. The van der Waals surface area contributed by atoms with Crippen molar-refractivity contribution in [1.29, 1.82) is 0 Å². The van der Waals surface area contributed by atoms with E-state index in [0.717, 1.165) is 43.6 Å². The van der Waals surface area contributed by atoms with Crippen LogP contribution in [-0.2, 0) is 25.7 Å². The van der Waals surface area contributed by atoms with E-state index in [2.05, 4.69) is 25.3 Å². The number of unbranched alkanes of at least 4 members (excludes halogenated alkanes) is 1. The maximum atomic E-state index is 13.9. The number of halogens is 4. The van der Waals surface area contributed by atoms with Gasteiger partial charge in [-0.3, -0.25) is 4.68 Å². The molecule has 4 rings (SSSR count). The first-order chi connectivity index (χ1) is 16.9. The summed E-state index contributed by atoms with van der Waals surface area (Å²) in [5.74, 6) is -0.526. The molecule has 4 aromatic rings. The van der Waals surface area contributed by atoms with E-state index < -0.39 is 17.6 Å². The lowest BCUT2D eigenvalue weighted by Crippen LogP contribution is -2.05. The Labute approximate surface area is 197 Å². The lowest BCUT2D eigenvalue weighted by molar-refractivity contribution is -0.137. The third-order valence-corrected chi connectivity index (χ3v) is 4.90. The molecule has 12 heteroatoms. The Hall–Kier alpha value is -4.09. The van der Waals surface area contributed by atoms with Crippen molar-refractivity contribution >= 4 is 12.2 Å². The highest BCUT2D eigenvalue weighted by Crippen LogP contribution is 2.30. The third kappa shape index (κ3) is 6.95. The molecule has 0 N–H and O–H groups in total. The van der Waals surface area contributed by atoms with Crippen LogP contribution in [0.2, 0.25) is 0 Å². The van der Waals surface area contributed by atoms with Crippen molar-refractivity contribution in [2.45, 2.75) is 38.6 Å². The molecule has 1 aromatic carbocycles. The molecule has 0 aliphatic carbocycles. The Morgan fingerprint density at radius 1 is 1.03 bits per heavy atom. The first-order valence-corrected chi connectivity index (χ1v) is 10.6. The van der Waals surface area contributed by atoms with Crippen molar-refractivity contribution in [3.63, 3.8) is 0 Å². The van der Waals surface area contributed by atoms with Gasteiger partial charge < -0.3 is 9.15 Å². The van der Waals surface area contributed by atoms with E-state index in [-0.39, 0.29) is 18.1 Å². The Morgan fingerprint density at radius 3 is 2.63 bits per heavy atom. The maximum absolute atomic E-state index is 13.9. The van der Waals surface area contributed by atoms with Crippen molar-refractivity contribution in [3.05, 3.63) is 83.5 Å². The fourth-order valence-electron chi connectivity index (χ4n) is 3.10. The van der Waals surface area contributed by atoms with E-state index in [4.69, 9.17) is 9.15 Å². The predicted octanol–water partition coefficient (Wildman–Crippen LogP) is 4.99. The topological polar surface area (TPSA) is 91.8 Å². The van der Waals surface area contributed by atoms with Crippen LogP contribution in [0, 0.1) is 5.82 Å². The number of benzene rings is 1. The Balaban J connectivity index is 1.24. The number of aryl methyl sites for hydroxylation is 2. The monoisotopic (exact) mass is 488 g/mol. The SMILES string of the molecule is Fc1cc(C(F)(F)F)ccc1C=Cc1nc(COc2ccc(CCCCn3cncn3)nn2)co1. The summed E-state index contributed by atoms with van der Waals surface area (Å²) in [6, 6.07) is 5.85. The van der Waals surface area contributed by atoms with Crippen LogP contribution in [-0.4, -0.2) is 29.9 Å². The second kappa shape index (κ2) is 10.9. The molecule has 182 valence electrons. The van der Waals surface area contributed by atoms with Crippen molar-refractivity contribution in [3.8, 4) is 5.88 Å². The lowest BCUT2D eigenvalue weighted by Gasteiger charge is -2.07. The fourth-order valence-corrected chi connectivity index (χ4v) is 3.10. The Morgan fingerprint density at radius 2 is 1.91 bits per heavy atom. The van der Waals surface area contributed by atoms with Gasteiger partial charge >= 0.3 is 6.18 Å². The van der Waals surface area contributed by atoms with Gasteiger partial charge in [-0.2, -0.15) is 23.4 Å². The Kier molecular flexibility index (Phi) is 7.48. The van der Waals surface area contributed by atoms with E-state index in [1.165, 1.54) is 24.7 Å². The number of rotatable bonds is 10. The van der Waals surface area contributed by atoms with Crippen LogP contribution in [0.3, 0.4) is 0 Å². The smallest absolute Gasteiger partial charge is 0.416 e. The molecule has 0 fully saturated rings. The van der Waals surface area contributed by atoms with E-state index >= 15 is 0 Å². The third-order valence-electron chi connectivity index (χ3n) is 4.90. The van der Waals surface area contributed by atoms with Gasteiger partial charge in [-0.25, -0.2) is 14.4 Å². The molecular formula is C23H20F4N6O2. The molecule has 0 bridgehead atoms. The minimum absolute atomic E-state index is 0.0252. The maximum Gasteiger partial charge on any atom is 0.416 e. The molecule has 0 spiro atoms. The normalized spacial score (nSPS) is 11.9. The molecule has 3 heterocycles. The van der Waals surface area contributed by atoms with Crippen molar-refractivity contribution in [2.24, 2.45) is 0 Å². The molecule has 0 aliphatic heterocycles. The molecule has 0 radical (unpaired) electrons. The number of alkyl halides is 3. The fraction of sp³-hybridized carbons (Fsp3) is 0.261. The van der Waals surface area contributed by atoms with Gasteiger partial charge in [0.05, 0.1) is 11.3 Å². The molecule has 3 aromatic heterocycles. The Bertz CT molecular complexity index is 1250. The van der Waals surface area contributed by atoms with Gasteiger partial charge in [-0.1, -0.05) is 6.07 Å². The highest BCUT2D eigenvalue weighted by molar-refractivity contribution is 5.66. The second-order valence-electron chi connectivity index (χ2n) is 7.51. The van der Waals surface area contributed by atoms with Crippen LogP contribution in [0.1, 0.15) is 41.2 Å². The average Bonchev–Trinajstić information content (AvgIpc) is 3.52. The van der Waals surface area contributed by atoms with E-state index in [9.17, 15) is 17.6 Å². The second-order valence-corrected chi connectivity index (χ2v) is 7.51. The molecular weight excluding hydrogens is 468 g/mol.